The Balaban J connectivity index is 1.86. The highest BCUT2D eigenvalue weighted by Gasteiger charge is 2.21. The van der Waals surface area contributed by atoms with Crippen LogP contribution in [0.25, 0.3) is 0 Å². The van der Waals surface area contributed by atoms with Crippen LogP contribution in [0.3, 0.4) is 0 Å². The minimum Gasteiger partial charge on any atom is -0.501 e. The standard InChI is InChI=1S/C17H23NO3/c1-2-7-18-17(14-4-3-8-19-12-14)13-5-6-15-16(11-13)21-10-9-20-15/h5-6,11-12,17-18H,2-4,7-10H2,1H3. The van der Waals surface area contributed by atoms with Crippen molar-refractivity contribution in [1.29, 1.82) is 0 Å². The highest BCUT2D eigenvalue weighted by Crippen LogP contribution is 2.35. The molecule has 1 aromatic rings. The van der Waals surface area contributed by atoms with Crippen LogP contribution in [0, 0.1) is 0 Å². The molecule has 21 heavy (non-hydrogen) atoms. The summed E-state index contributed by atoms with van der Waals surface area (Å²) in [6.45, 7) is 5.24. The minimum atomic E-state index is 0.195. The van der Waals surface area contributed by atoms with Crippen LogP contribution in [0.2, 0.25) is 0 Å². The van der Waals surface area contributed by atoms with Crippen LogP contribution in [-0.4, -0.2) is 26.4 Å². The molecule has 0 amide bonds. The molecular weight excluding hydrogens is 266 g/mol. The maximum absolute atomic E-state index is 5.70. The molecule has 0 aromatic heterocycles. The van der Waals surface area contributed by atoms with E-state index < -0.39 is 0 Å². The maximum Gasteiger partial charge on any atom is 0.161 e. The summed E-state index contributed by atoms with van der Waals surface area (Å²) in [6.07, 6.45) is 5.19. The molecule has 2 heterocycles. The molecule has 0 fully saturated rings. The predicted molar refractivity (Wildman–Crippen MR) is 81.7 cm³/mol. The lowest BCUT2D eigenvalue weighted by atomic mass is 9.94. The van der Waals surface area contributed by atoms with Gasteiger partial charge in [-0.2, -0.15) is 0 Å². The highest BCUT2D eigenvalue weighted by molar-refractivity contribution is 5.46. The molecule has 1 unspecified atom stereocenters. The molecule has 0 radical (unpaired) electrons. The zero-order valence-electron chi connectivity index (χ0n) is 12.6. The van der Waals surface area contributed by atoms with Crippen LogP contribution in [0.4, 0.5) is 0 Å². The molecule has 2 aliphatic rings. The molecule has 114 valence electrons. The molecule has 0 saturated carbocycles. The van der Waals surface area contributed by atoms with E-state index in [1.54, 1.807) is 0 Å². The van der Waals surface area contributed by atoms with Crippen LogP contribution in [-0.2, 0) is 4.74 Å². The fraction of sp³-hybridized carbons (Fsp3) is 0.529. The first-order chi connectivity index (χ1) is 10.4. The van der Waals surface area contributed by atoms with Crippen LogP contribution in [0.15, 0.2) is 30.0 Å². The Kier molecular flexibility index (Phi) is 4.65. The third kappa shape index (κ3) is 3.32. The lowest BCUT2D eigenvalue weighted by molar-refractivity contribution is 0.171. The van der Waals surface area contributed by atoms with Gasteiger partial charge in [-0.3, -0.25) is 0 Å². The normalized spacial score (nSPS) is 18.6. The zero-order chi connectivity index (χ0) is 14.5. The van der Waals surface area contributed by atoms with Crippen molar-refractivity contribution in [3.63, 3.8) is 0 Å². The molecule has 1 N–H and O–H groups in total. The number of benzene rings is 1. The van der Waals surface area contributed by atoms with Gasteiger partial charge in [0.1, 0.15) is 13.2 Å². The average Bonchev–Trinajstić information content (AvgIpc) is 2.56. The summed E-state index contributed by atoms with van der Waals surface area (Å²) in [7, 11) is 0. The van der Waals surface area contributed by atoms with Gasteiger partial charge in [-0.15, -0.1) is 0 Å². The van der Waals surface area contributed by atoms with Crippen molar-refractivity contribution < 1.29 is 14.2 Å². The minimum absolute atomic E-state index is 0.195. The van der Waals surface area contributed by atoms with Crippen LogP contribution in [0.1, 0.15) is 37.8 Å². The van der Waals surface area contributed by atoms with Crippen molar-refractivity contribution in [2.24, 2.45) is 0 Å². The van der Waals surface area contributed by atoms with E-state index in [4.69, 9.17) is 14.2 Å². The average molecular weight is 289 g/mol. The summed E-state index contributed by atoms with van der Waals surface area (Å²) in [4.78, 5) is 0. The van der Waals surface area contributed by atoms with Gasteiger partial charge in [-0.05, 0) is 49.1 Å². The summed E-state index contributed by atoms with van der Waals surface area (Å²) in [5.74, 6) is 1.69. The zero-order valence-corrected chi connectivity index (χ0v) is 12.6. The number of hydrogen-bond acceptors (Lipinski definition) is 4. The molecule has 0 bridgehead atoms. The van der Waals surface area contributed by atoms with Gasteiger partial charge in [-0.1, -0.05) is 13.0 Å². The van der Waals surface area contributed by atoms with Crippen molar-refractivity contribution in [2.75, 3.05) is 26.4 Å². The molecule has 4 heteroatoms. The largest absolute Gasteiger partial charge is 0.501 e. The molecule has 3 rings (SSSR count). The third-order valence-electron chi connectivity index (χ3n) is 3.83. The van der Waals surface area contributed by atoms with Crippen LogP contribution in [0.5, 0.6) is 11.5 Å². The summed E-state index contributed by atoms with van der Waals surface area (Å²) in [6, 6.07) is 6.42. The predicted octanol–water partition coefficient (Wildman–Crippen LogP) is 3.19. The molecule has 1 atom stereocenters. The second-order valence-electron chi connectivity index (χ2n) is 5.46. The summed E-state index contributed by atoms with van der Waals surface area (Å²) in [5.41, 5.74) is 2.52. The lowest BCUT2D eigenvalue weighted by Crippen LogP contribution is -2.25. The fourth-order valence-corrected chi connectivity index (χ4v) is 2.79. The summed E-state index contributed by atoms with van der Waals surface area (Å²) in [5, 5.41) is 3.62. The van der Waals surface area contributed by atoms with Gasteiger partial charge >= 0.3 is 0 Å². The quantitative estimate of drug-likeness (QED) is 0.903. The highest BCUT2D eigenvalue weighted by atomic mass is 16.6. The van der Waals surface area contributed by atoms with E-state index in [-0.39, 0.29) is 6.04 Å². The molecule has 2 aliphatic heterocycles. The number of fused-ring (bicyclic) bond motifs is 1. The van der Waals surface area contributed by atoms with Crippen molar-refractivity contribution >= 4 is 0 Å². The second-order valence-corrected chi connectivity index (χ2v) is 5.46. The Morgan fingerprint density at radius 3 is 2.76 bits per heavy atom. The topological polar surface area (TPSA) is 39.7 Å². The Bertz CT molecular complexity index is 513. The van der Waals surface area contributed by atoms with Gasteiger partial charge in [0.25, 0.3) is 0 Å². The van der Waals surface area contributed by atoms with Gasteiger partial charge in [0.2, 0.25) is 0 Å². The van der Waals surface area contributed by atoms with E-state index in [9.17, 15) is 0 Å². The van der Waals surface area contributed by atoms with Crippen molar-refractivity contribution in [3.8, 4) is 11.5 Å². The van der Waals surface area contributed by atoms with E-state index in [2.05, 4.69) is 24.4 Å². The van der Waals surface area contributed by atoms with Gasteiger partial charge in [0.15, 0.2) is 11.5 Å². The fourth-order valence-electron chi connectivity index (χ4n) is 2.79. The van der Waals surface area contributed by atoms with Gasteiger partial charge in [0.05, 0.1) is 18.9 Å². The van der Waals surface area contributed by atoms with Gasteiger partial charge < -0.3 is 19.5 Å². The maximum atomic E-state index is 5.70. The van der Waals surface area contributed by atoms with E-state index in [0.29, 0.717) is 13.2 Å². The smallest absolute Gasteiger partial charge is 0.161 e. The van der Waals surface area contributed by atoms with E-state index in [0.717, 1.165) is 43.9 Å². The summed E-state index contributed by atoms with van der Waals surface area (Å²) >= 11 is 0. The van der Waals surface area contributed by atoms with Crippen LogP contribution >= 0.6 is 0 Å². The number of rotatable bonds is 5. The monoisotopic (exact) mass is 289 g/mol. The second kappa shape index (κ2) is 6.85. The molecule has 0 aliphatic carbocycles. The van der Waals surface area contributed by atoms with E-state index in [1.165, 1.54) is 11.1 Å². The van der Waals surface area contributed by atoms with Crippen molar-refractivity contribution in [2.45, 2.75) is 32.2 Å². The van der Waals surface area contributed by atoms with Crippen molar-refractivity contribution in [1.82, 2.24) is 5.32 Å². The number of hydrogen-bond donors (Lipinski definition) is 1. The molecule has 0 saturated heterocycles. The Labute approximate surface area is 126 Å². The first-order valence-electron chi connectivity index (χ1n) is 7.82. The van der Waals surface area contributed by atoms with Gasteiger partial charge in [-0.25, -0.2) is 0 Å². The summed E-state index contributed by atoms with van der Waals surface area (Å²) < 4.78 is 16.8. The number of ether oxygens (including phenoxy) is 3. The molecule has 4 nitrogen and oxygen atoms in total. The van der Waals surface area contributed by atoms with Gasteiger partial charge in [0, 0.05) is 0 Å². The Morgan fingerprint density at radius 1 is 1.14 bits per heavy atom. The Hall–Kier alpha value is -1.68. The Morgan fingerprint density at radius 2 is 2.00 bits per heavy atom. The van der Waals surface area contributed by atoms with E-state index >= 15 is 0 Å². The van der Waals surface area contributed by atoms with E-state index in [1.807, 2.05) is 12.3 Å². The van der Waals surface area contributed by atoms with Crippen molar-refractivity contribution in [3.05, 3.63) is 35.6 Å². The molecule has 0 spiro atoms. The third-order valence-corrected chi connectivity index (χ3v) is 3.83. The number of nitrogens with one attached hydrogen (secondary N) is 1. The first-order valence-corrected chi connectivity index (χ1v) is 7.82. The molecular formula is C17H23NO3. The van der Waals surface area contributed by atoms with Crippen LogP contribution < -0.4 is 14.8 Å². The lowest BCUT2D eigenvalue weighted by Gasteiger charge is -2.26. The SMILES string of the molecule is CCCNC(C1=COCCC1)c1ccc2c(c1)OCCO2. The molecule has 1 aromatic carbocycles. The first kappa shape index (κ1) is 14.3.